The third kappa shape index (κ3) is 6.92. The van der Waals surface area contributed by atoms with Crippen LogP contribution in [0.1, 0.15) is 36.0 Å². The van der Waals surface area contributed by atoms with Gasteiger partial charge >= 0.3 is 0 Å². The van der Waals surface area contributed by atoms with Crippen LogP contribution >= 0.6 is 0 Å². The maximum Gasteiger partial charge on any atom is 0.261 e. The van der Waals surface area contributed by atoms with Gasteiger partial charge in [-0.1, -0.05) is 61.5 Å². The zero-order chi connectivity index (χ0) is 30.5. The number of nitrogens with zero attached hydrogens (tertiary/aromatic N) is 4. The minimum atomic E-state index is -3.70. The first-order chi connectivity index (χ1) is 21.4. The zero-order valence-electron chi connectivity index (χ0n) is 24.6. The maximum absolute atomic E-state index is 12.8. The highest BCUT2D eigenvalue weighted by Crippen LogP contribution is 2.42. The number of anilines is 2. The Balaban J connectivity index is 1.18. The van der Waals surface area contributed by atoms with Crippen molar-refractivity contribution in [3.8, 4) is 0 Å². The number of sulfonamides is 1. The first-order valence-corrected chi connectivity index (χ1v) is 16.3. The van der Waals surface area contributed by atoms with E-state index in [9.17, 15) is 13.5 Å². The summed E-state index contributed by atoms with van der Waals surface area (Å²) in [4.78, 5) is 13.6. The molecule has 0 radical (unpaired) electrons. The molecule has 4 atom stereocenters. The summed E-state index contributed by atoms with van der Waals surface area (Å²) in [7, 11) is -3.70. The average Bonchev–Trinajstić information content (AvgIpc) is 3.07. The molecular weight excluding hydrogens is 578 g/mol. The van der Waals surface area contributed by atoms with Gasteiger partial charge in [0.15, 0.2) is 6.29 Å². The van der Waals surface area contributed by atoms with E-state index in [1.54, 1.807) is 54.9 Å². The topological polar surface area (TPSA) is 117 Å². The van der Waals surface area contributed by atoms with E-state index < -0.39 is 16.3 Å². The molecule has 2 aliphatic rings. The predicted octanol–water partition coefficient (Wildman–Crippen LogP) is 4.38. The molecule has 3 aromatic carbocycles. The van der Waals surface area contributed by atoms with Crippen LogP contribution in [0.15, 0.2) is 102 Å². The maximum atomic E-state index is 12.8. The van der Waals surface area contributed by atoms with Crippen molar-refractivity contribution >= 4 is 21.7 Å². The normalized spacial score (nSPS) is 22.9. The van der Waals surface area contributed by atoms with Gasteiger partial charge in [0.1, 0.15) is 0 Å². The van der Waals surface area contributed by atoms with Crippen LogP contribution < -0.4 is 9.62 Å². The summed E-state index contributed by atoms with van der Waals surface area (Å²) in [6.07, 6.45) is 2.54. The van der Waals surface area contributed by atoms with Crippen LogP contribution in [0.2, 0.25) is 0 Å². The van der Waals surface area contributed by atoms with Gasteiger partial charge in [-0.25, -0.2) is 18.4 Å². The second-order valence-electron chi connectivity index (χ2n) is 11.2. The molecule has 0 aliphatic carbocycles. The molecule has 1 aromatic heterocycles. The lowest BCUT2D eigenvalue weighted by molar-refractivity contribution is -0.276. The van der Waals surface area contributed by atoms with E-state index in [4.69, 9.17) is 9.47 Å². The van der Waals surface area contributed by atoms with Crippen molar-refractivity contribution in [2.24, 2.45) is 5.92 Å². The number of aromatic nitrogens is 2. The third-order valence-electron chi connectivity index (χ3n) is 8.26. The molecule has 0 amide bonds. The lowest BCUT2D eigenvalue weighted by Gasteiger charge is -2.44. The quantitative estimate of drug-likeness (QED) is 0.283. The monoisotopic (exact) mass is 615 g/mol. The van der Waals surface area contributed by atoms with Gasteiger partial charge in [-0.15, -0.1) is 0 Å². The van der Waals surface area contributed by atoms with E-state index in [2.05, 4.69) is 31.4 Å². The molecule has 2 saturated heterocycles. The zero-order valence-corrected chi connectivity index (χ0v) is 25.4. The number of rotatable bonds is 9. The molecule has 2 fully saturated rings. The van der Waals surface area contributed by atoms with Crippen LogP contribution in [-0.4, -0.2) is 67.2 Å². The molecule has 230 valence electrons. The summed E-state index contributed by atoms with van der Waals surface area (Å²) in [5.41, 5.74) is 3.11. The van der Waals surface area contributed by atoms with E-state index >= 15 is 0 Å². The van der Waals surface area contributed by atoms with E-state index in [0.717, 1.165) is 55.4 Å². The molecule has 0 bridgehead atoms. The van der Waals surface area contributed by atoms with Gasteiger partial charge in [0, 0.05) is 62.3 Å². The van der Waals surface area contributed by atoms with E-state index in [1.807, 2.05) is 42.5 Å². The van der Waals surface area contributed by atoms with Gasteiger partial charge in [0.05, 0.1) is 23.7 Å². The van der Waals surface area contributed by atoms with Gasteiger partial charge in [0.2, 0.25) is 5.95 Å². The number of aliphatic hydroxyl groups is 1. The fourth-order valence-corrected chi connectivity index (χ4v) is 6.77. The second-order valence-corrected chi connectivity index (χ2v) is 12.9. The summed E-state index contributed by atoms with van der Waals surface area (Å²) in [5.74, 6) is 0.808. The Hall–Kier alpha value is -3.87. The molecule has 11 heteroatoms. The molecule has 0 unspecified atom stereocenters. The molecule has 44 heavy (non-hydrogen) atoms. The molecule has 6 rings (SSSR count). The highest BCUT2D eigenvalue weighted by atomic mass is 32.2. The molecular formula is C33H37N5O5S. The lowest BCUT2D eigenvalue weighted by Crippen LogP contribution is -2.51. The Morgan fingerprint density at radius 3 is 2.16 bits per heavy atom. The van der Waals surface area contributed by atoms with Crippen molar-refractivity contribution in [3.63, 3.8) is 0 Å². The Bertz CT molecular complexity index is 1600. The van der Waals surface area contributed by atoms with Crippen molar-refractivity contribution in [1.29, 1.82) is 0 Å². The summed E-state index contributed by atoms with van der Waals surface area (Å²) < 4.78 is 41.5. The number of benzene rings is 3. The number of aliphatic hydroxyl groups excluding tert-OH is 1. The molecule has 0 saturated carbocycles. The Morgan fingerprint density at radius 1 is 0.841 bits per heavy atom. The first kappa shape index (κ1) is 30.2. The van der Waals surface area contributed by atoms with Crippen LogP contribution in [0.5, 0.6) is 0 Å². The van der Waals surface area contributed by atoms with Crippen LogP contribution in [-0.2, 0) is 26.1 Å². The fraction of sp³-hybridized carbons (Fsp3) is 0.333. The molecule has 10 nitrogen and oxygen atoms in total. The highest BCUT2D eigenvalue weighted by Gasteiger charge is 2.39. The van der Waals surface area contributed by atoms with Crippen molar-refractivity contribution in [1.82, 2.24) is 14.9 Å². The van der Waals surface area contributed by atoms with E-state index in [1.165, 1.54) is 0 Å². The van der Waals surface area contributed by atoms with Crippen molar-refractivity contribution in [2.75, 3.05) is 42.3 Å². The summed E-state index contributed by atoms with van der Waals surface area (Å²) >= 11 is 0. The molecule has 4 aromatic rings. The standard InChI is InChI=1S/C33H37N5O5S/c1-24-30(22-37-18-20-38(21-19-37)33-34-16-5-17-35-33)42-32(43-31(24)26-10-8-25(23-39)9-11-26)27-12-14-28(15-13-27)36-44(40,41)29-6-3-2-4-7-29/h2-17,24,30-32,36,39H,18-23H2,1H3/t24-,30+,31+,32+/m1/s1. The van der Waals surface area contributed by atoms with E-state index in [-0.39, 0.29) is 29.6 Å². The van der Waals surface area contributed by atoms with Gasteiger partial charge in [-0.2, -0.15) is 0 Å². The van der Waals surface area contributed by atoms with Gasteiger partial charge in [-0.05, 0) is 41.5 Å². The second kappa shape index (κ2) is 13.4. The smallest absolute Gasteiger partial charge is 0.261 e. The summed E-state index contributed by atoms with van der Waals surface area (Å²) in [6, 6.07) is 25.1. The van der Waals surface area contributed by atoms with Crippen molar-refractivity contribution in [3.05, 3.63) is 114 Å². The van der Waals surface area contributed by atoms with Crippen molar-refractivity contribution in [2.45, 2.75) is 36.9 Å². The third-order valence-corrected chi connectivity index (χ3v) is 9.65. The van der Waals surface area contributed by atoms with Gasteiger partial charge in [0.25, 0.3) is 10.0 Å². The SMILES string of the molecule is C[C@@H]1[C@H](CN2CCN(c3ncccn3)CC2)O[C@H](c2ccc(NS(=O)(=O)c3ccccc3)cc2)O[C@@H]1c1ccc(CO)cc1. The lowest BCUT2D eigenvalue weighted by atomic mass is 9.90. The number of hydrogen-bond acceptors (Lipinski definition) is 9. The number of hydrogen-bond donors (Lipinski definition) is 2. The average molecular weight is 616 g/mol. The predicted molar refractivity (Wildman–Crippen MR) is 167 cm³/mol. The van der Waals surface area contributed by atoms with Crippen LogP contribution in [0.25, 0.3) is 0 Å². The highest BCUT2D eigenvalue weighted by molar-refractivity contribution is 7.92. The number of piperazine rings is 1. The molecule has 3 heterocycles. The van der Waals surface area contributed by atoms with Crippen LogP contribution in [0.4, 0.5) is 11.6 Å². The molecule has 2 N–H and O–H groups in total. The Kier molecular flexibility index (Phi) is 9.20. The first-order valence-electron chi connectivity index (χ1n) is 14.8. The molecule has 0 spiro atoms. The minimum Gasteiger partial charge on any atom is -0.392 e. The van der Waals surface area contributed by atoms with Gasteiger partial charge in [-0.3, -0.25) is 9.62 Å². The van der Waals surface area contributed by atoms with E-state index in [0.29, 0.717) is 5.69 Å². The van der Waals surface area contributed by atoms with Crippen LogP contribution in [0, 0.1) is 5.92 Å². The van der Waals surface area contributed by atoms with Crippen molar-refractivity contribution < 1.29 is 23.0 Å². The Labute approximate surface area is 258 Å². The fourth-order valence-electron chi connectivity index (χ4n) is 5.69. The summed E-state index contributed by atoms with van der Waals surface area (Å²) in [6.45, 7) is 6.27. The number of ether oxygens (including phenoxy) is 2. The van der Waals surface area contributed by atoms with Gasteiger partial charge < -0.3 is 19.5 Å². The Morgan fingerprint density at radius 2 is 1.50 bits per heavy atom. The largest absolute Gasteiger partial charge is 0.392 e. The van der Waals surface area contributed by atoms with Crippen LogP contribution in [0.3, 0.4) is 0 Å². The molecule has 2 aliphatic heterocycles. The number of nitrogens with one attached hydrogen (secondary N) is 1. The minimum absolute atomic E-state index is 0.0178. The summed E-state index contributed by atoms with van der Waals surface area (Å²) in [5, 5.41) is 9.54.